The fourth-order valence-electron chi connectivity index (χ4n) is 3.38. The monoisotopic (exact) mass is 274 g/mol. The Morgan fingerprint density at radius 1 is 0.900 bits per heavy atom. The molecule has 0 radical (unpaired) electrons. The van der Waals surface area contributed by atoms with Crippen LogP contribution in [0, 0.1) is 18.8 Å². The van der Waals surface area contributed by atoms with E-state index in [4.69, 9.17) is 9.47 Å². The van der Waals surface area contributed by atoms with Gasteiger partial charge in [-0.15, -0.1) is 0 Å². The maximum absolute atomic E-state index is 6.03. The summed E-state index contributed by atoms with van der Waals surface area (Å²) in [7, 11) is 0. The minimum Gasteiger partial charge on any atom is -0.352 e. The summed E-state index contributed by atoms with van der Waals surface area (Å²) >= 11 is 0. The predicted molar refractivity (Wildman–Crippen MR) is 80.7 cm³/mol. The molecule has 1 aromatic rings. The maximum atomic E-state index is 6.03. The Morgan fingerprint density at radius 3 is 2.10 bits per heavy atom. The van der Waals surface area contributed by atoms with Crippen molar-refractivity contribution >= 4 is 0 Å². The standard InChI is InChI=1S/C18H26O2/c1-13-3-7-15(8-4-13)17-11-19-18(20-12-17)16-9-5-14(2)6-10-16/h3-4,7-8,14,16-18H,5-6,9-12H2,1-2H3. The summed E-state index contributed by atoms with van der Waals surface area (Å²) in [5.74, 6) is 1.90. The van der Waals surface area contributed by atoms with Crippen LogP contribution in [0.3, 0.4) is 0 Å². The van der Waals surface area contributed by atoms with E-state index >= 15 is 0 Å². The highest BCUT2D eigenvalue weighted by molar-refractivity contribution is 5.24. The lowest BCUT2D eigenvalue weighted by molar-refractivity contribution is -0.217. The van der Waals surface area contributed by atoms with Crippen LogP contribution in [0.4, 0.5) is 0 Å². The van der Waals surface area contributed by atoms with Crippen LogP contribution in [0.15, 0.2) is 24.3 Å². The van der Waals surface area contributed by atoms with Crippen LogP contribution in [-0.2, 0) is 9.47 Å². The highest BCUT2D eigenvalue weighted by Crippen LogP contribution is 2.34. The second-order valence-corrected chi connectivity index (χ2v) is 6.66. The molecule has 1 heterocycles. The summed E-state index contributed by atoms with van der Waals surface area (Å²) in [4.78, 5) is 0. The summed E-state index contributed by atoms with van der Waals surface area (Å²) in [5.41, 5.74) is 2.65. The number of aryl methyl sites for hydroxylation is 1. The smallest absolute Gasteiger partial charge is 0.160 e. The van der Waals surface area contributed by atoms with Gasteiger partial charge in [-0.2, -0.15) is 0 Å². The largest absolute Gasteiger partial charge is 0.352 e. The Balaban J connectivity index is 1.53. The van der Waals surface area contributed by atoms with Crippen molar-refractivity contribution in [3.8, 4) is 0 Å². The molecule has 110 valence electrons. The van der Waals surface area contributed by atoms with E-state index in [1.807, 2.05) is 0 Å². The lowest BCUT2D eigenvalue weighted by Gasteiger charge is -2.37. The number of hydrogen-bond acceptors (Lipinski definition) is 2. The summed E-state index contributed by atoms with van der Waals surface area (Å²) in [6.45, 7) is 6.09. The van der Waals surface area contributed by atoms with Crippen molar-refractivity contribution in [1.82, 2.24) is 0 Å². The van der Waals surface area contributed by atoms with Gasteiger partial charge in [-0.3, -0.25) is 0 Å². The molecule has 0 spiro atoms. The second-order valence-electron chi connectivity index (χ2n) is 6.66. The van der Waals surface area contributed by atoms with Gasteiger partial charge < -0.3 is 9.47 Å². The van der Waals surface area contributed by atoms with Crippen LogP contribution < -0.4 is 0 Å². The van der Waals surface area contributed by atoms with Crippen LogP contribution in [0.1, 0.15) is 49.7 Å². The summed E-state index contributed by atoms with van der Waals surface area (Å²) in [6.07, 6.45) is 5.23. The number of benzene rings is 1. The molecule has 2 nitrogen and oxygen atoms in total. The topological polar surface area (TPSA) is 18.5 Å². The van der Waals surface area contributed by atoms with E-state index in [-0.39, 0.29) is 6.29 Å². The second kappa shape index (κ2) is 6.28. The molecule has 1 aliphatic carbocycles. The molecule has 0 atom stereocenters. The quantitative estimate of drug-likeness (QED) is 0.801. The van der Waals surface area contributed by atoms with Crippen LogP contribution in [0.25, 0.3) is 0 Å². The molecule has 2 aliphatic rings. The van der Waals surface area contributed by atoms with E-state index in [9.17, 15) is 0 Å². The number of hydrogen-bond donors (Lipinski definition) is 0. The Morgan fingerprint density at radius 2 is 1.50 bits per heavy atom. The van der Waals surface area contributed by atoms with E-state index in [0.717, 1.165) is 19.1 Å². The molecular formula is C18H26O2. The minimum atomic E-state index is 0.0456. The first-order valence-corrected chi connectivity index (χ1v) is 8.02. The predicted octanol–water partition coefficient (Wildman–Crippen LogP) is 4.28. The fourth-order valence-corrected chi connectivity index (χ4v) is 3.38. The van der Waals surface area contributed by atoms with E-state index < -0.39 is 0 Å². The Hall–Kier alpha value is -0.860. The van der Waals surface area contributed by atoms with Gasteiger partial charge in [0.2, 0.25) is 0 Å². The van der Waals surface area contributed by atoms with E-state index in [0.29, 0.717) is 11.8 Å². The van der Waals surface area contributed by atoms with Gasteiger partial charge >= 0.3 is 0 Å². The molecule has 0 aromatic heterocycles. The van der Waals surface area contributed by atoms with Crippen molar-refractivity contribution in [1.29, 1.82) is 0 Å². The summed E-state index contributed by atoms with van der Waals surface area (Å²) in [5, 5.41) is 0. The average molecular weight is 274 g/mol. The molecular weight excluding hydrogens is 248 g/mol. The van der Waals surface area contributed by atoms with Crippen molar-refractivity contribution in [2.24, 2.45) is 11.8 Å². The third kappa shape index (κ3) is 3.24. The first-order valence-electron chi connectivity index (χ1n) is 8.02. The molecule has 1 aliphatic heterocycles. The van der Waals surface area contributed by atoms with Crippen LogP contribution in [0.2, 0.25) is 0 Å². The van der Waals surface area contributed by atoms with E-state index in [2.05, 4.69) is 38.1 Å². The van der Waals surface area contributed by atoms with Crippen LogP contribution in [-0.4, -0.2) is 19.5 Å². The zero-order valence-electron chi connectivity index (χ0n) is 12.7. The number of ether oxygens (including phenoxy) is 2. The lowest BCUT2D eigenvalue weighted by atomic mass is 9.82. The SMILES string of the molecule is Cc1ccc(C2COC(C3CCC(C)CC3)OC2)cc1. The van der Waals surface area contributed by atoms with Crippen molar-refractivity contribution in [3.05, 3.63) is 35.4 Å². The molecule has 1 saturated carbocycles. The third-order valence-electron chi connectivity index (χ3n) is 4.92. The molecule has 0 bridgehead atoms. The van der Waals surface area contributed by atoms with Crippen molar-refractivity contribution in [2.75, 3.05) is 13.2 Å². The summed E-state index contributed by atoms with van der Waals surface area (Å²) < 4.78 is 12.1. The van der Waals surface area contributed by atoms with E-state index in [1.165, 1.54) is 36.8 Å². The lowest BCUT2D eigenvalue weighted by Crippen LogP contribution is -2.37. The van der Waals surface area contributed by atoms with Gasteiger partial charge in [0.25, 0.3) is 0 Å². The molecule has 2 fully saturated rings. The first kappa shape index (κ1) is 14.1. The Bertz CT molecular complexity index is 410. The molecule has 0 N–H and O–H groups in total. The normalized spacial score (nSPS) is 34.9. The Kier molecular flexibility index (Phi) is 4.42. The zero-order chi connectivity index (χ0) is 13.9. The van der Waals surface area contributed by atoms with Gasteiger partial charge in [-0.1, -0.05) is 49.6 Å². The van der Waals surface area contributed by atoms with Crippen molar-refractivity contribution < 1.29 is 9.47 Å². The first-order chi connectivity index (χ1) is 9.72. The molecule has 0 amide bonds. The maximum Gasteiger partial charge on any atom is 0.160 e. The van der Waals surface area contributed by atoms with Gasteiger partial charge in [0.1, 0.15) is 0 Å². The molecule has 1 saturated heterocycles. The van der Waals surface area contributed by atoms with Crippen LogP contribution >= 0.6 is 0 Å². The highest BCUT2D eigenvalue weighted by atomic mass is 16.7. The van der Waals surface area contributed by atoms with Gasteiger partial charge in [0.15, 0.2) is 6.29 Å². The molecule has 2 heteroatoms. The van der Waals surface area contributed by atoms with Gasteiger partial charge in [0, 0.05) is 11.8 Å². The minimum absolute atomic E-state index is 0.0456. The van der Waals surface area contributed by atoms with Crippen LogP contribution in [0.5, 0.6) is 0 Å². The van der Waals surface area contributed by atoms with Crippen molar-refractivity contribution in [2.45, 2.75) is 51.7 Å². The average Bonchev–Trinajstić information content (AvgIpc) is 2.49. The summed E-state index contributed by atoms with van der Waals surface area (Å²) in [6, 6.07) is 8.75. The zero-order valence-corrected chi connectivity index (χ0v) is 12.7. The number of rotatable bonds is 2. The molecule has 3 rings (SSSR count). The Labute approximate surface area is 122 Å². The van der Waals surface area contributed by atoms with Gasteiger partial charge in [-0.25, -0.2) is 0 Å². The third-order valence-corrected chi connectivity index (χ3v) is 4.92. The fraction of sp³-hybridized carbons (Fsp3) is 0.667. The van der Waals surface area contributed by atoms with Crippen molar-refractivity contribution in [3.63, 3.8) is 0 Å². The molecule has 1 aromatic carbocycles. The molecule has 20 heavy (non-hydrogen) atoms. The highest BCUT2D eigenvalue weighted by Gasteiger charge is 2.31. The van der Waals surface area contributed by atoms with Gasteiger partial charge in [-0.05, 0) is 31.2 Å². The van der Waals surface area contributed by atoms with Gasteiger partial charge in [0.05, 0.1) is 13.2 Å². The van der Waals surface area contributed by atoms with E-state index in [1.54, 1.807) is 0 Å². The molecule has 0 unspecified atom stereocenters.